The highest BCUT2D eigenvalue weighted by molar-refractivity contribution is 7.91. The van der Waals surface area contributed by atoms with Crippen molar-refractivity contribution in [3.63, 3.8) is 0 Å². The summed E-state index contributed by atoms with van der Waals surface area (Å²) >= 11 is 0. The molecule has 0 fully saturated rings. The van der Waals surface area contributed by atoms with E-state index in [1.165, 1.54) is 12.1 Å². The van der Waals surface area contributed by atoms with E-state index >= 15 is 0 Å². The molecule has 0 aromatic heterocycles. The van der Waals surface area contributed by atoms with Crippen molar-refractivity contribution >= 4 is 31.8 Å². The summed E-state index contributed by atoms with van der Waals surface area (Å²) in [6, 6.07) is 6.08. The maximum absolute atomic E-state index is 11.7. The van der Waals surface area contributed by atoms with Crippen LogP contribution < -0.4 is 11.1 Å². The zero-order valence-electron chi connectivity index (χ0n) is 11.4. The highest BCUT2D eigenvalue weighted by atomic mass is 32.3. The summed E-state index contributed by atoms with van der Waals surface area (Å²) in [4.78, 5) is 11.7. The van der Waals surface area contributed by atoms with Gasteiger partial charge in [0, 0.05) is 17.8 Å². The number of carbonyl (C=O) groups is 1. The minimum atomic E-state index is -4.66. The van der Waals surface area contributed by atoms with Gasteiger partial charge < -0.3 is 11.1 Å². The molecule has 0 saturated heterocycles. The smallest absolute Gasteiger partial charge is 0.397 e. The third-order valence-corrected chi connectivity index (χ3v) is 4.58. The van der Waals surface area contributed by atoms with Crippen LogP contribution in [-0.4, -0.2) is 52.0 Å². The minimum Gasteiger partial charge on any atom is -0.399 e. The van der Waals surface area contributed by atoms with Gasteiger partial charge in [0.15, 0.2) is 9.84 Å². The molecule has 124 valence electrons. The Morgan fingerprint density at radius 2 is 1.73 bits per heavy atom. The molecule has 0 radical (unpaired) electrons. The second-order valence-corrected chi connectivity index (χ2v) is 7.67. The van der Waals surface area contributed by atoms with E-state index in [4.69, 9.17) is 10.3 Å². The number of carbonyl (C=O) groups excluding carboxylic acids is 1. The largest absolute Gasteiger partial charge is 0.399 e. The van der Waals surface area contributed by atoms with Crippen molar-refractivity contribution in [1.82, 2.24) is 5.32 Å². The number of hydrogen-bond acceptors (Lipinski definition) is 7. The predicted molar refractivity (Wildman–Crippen MR) is 79.3 cm³/mol. The third-order valence-electron chi connectivity index (χ3n) is 2.50. The zero-order chi connectivity index (χ0) is 16.8. The van der Waals surface area contributed by atoms with E-state index in [2.05, 4.69) is 9.50 Å². The number of hydrogen-bond donors (Lipinski definition) is 3. The van der Waals surface area contributed by atoms with E-state index in [9.17, 15) is 21.6 Å². The van der Waals surface area contributed by atoms with Crippen LogP contribution in [0.1, 0.15) is 10.4 Å². The maximum atomic E-state index is 11.7. The van der Waals surface area contributed by atoms with Gasteiger partial charge in [0.1, 0.15) is 0 Å². The number of nitrogens with two attached hydrogens (primary N) is 1. The number of sulfone groups is 1. The van der Waals surface area contributed by atoms with Gasteiger partial charge in [0.05, 0.1) is 18.1 Å². The molecule has 11 heteroatoms. The molecule has 4 N–H and O–H groups in total. The van der Waals surface area contributed by atoms with Gasteiger partial charge in [-0.05, 0) is 24.3 Å². The van der Waals surface area contributed by atoms with Gasteiger partial charge in [-0.25, -0.2) is 12.6 Å². The number of amides is 1. The quantitative estimate of drug-likeness (QED) is 0.407. The molecule has 0 heterocycles. The lowest BCUT2D eigenvalue weighted by Crippen LogP contribution is -2.30. The van der Waals surface area contributed by atoms with E-state index in [1.807, 2.05) is 0 Å². The molecule has 0 spiro atoms. The van der Waals surface area contributed by atoms with Gasteiger partial charge in [0.2, 0.25) is 0 Å². The third kappa shape index (κ3) is 7.36. The highest BCUT2D eigenvalue weighted by Gasteiger charge is 2.14. The number of rotatable bonds is 8. The minimum absolute atomic E-state index is 0.141. The van der Waals surface area contributed by atoms with Crippen molar-refractivity contribution in [2.45, 2.75) is 0 Å². The molecule has 0 saturated carbocycles. The lowest BCUT2D eigenvalue weighted by Gasteiger charge is -2.06. The molecule has 0 bridgehead atoms. The Kier molecular flexibility index (Phi) is 6.29. The first-order chi connectivity index (χ1) is 10.1. The second-order valence-electron chi connectivity index (χ2n) is 4.28. The van der Waals surface area contributed by atoms with E-state index in [0.29, 0.717) is 11.3 Å². The molecular formula is C11H16N2O7S2. The van der Waals surface area contributed by atoms with Gasteiger partial charge in [-0.3, -0.25) is 9.35 Å². The molecule has 22 heavy (non-hydrogen) atoms. The summed E-state index contributed by atoms with van der Waals surface area (Å²) in [7, 11) is -8.29. The Bertz CT molecular complexity index is 711. The molecule has 0 aliphatic heterocycles. The van der Waals surface area contributed by atoms with Gasteiger partial charge in [-0.2, -0.15) is 8.42 Å². The van der Waals surface area contributed by atoms with Crippen LogP contribution in [0.4, 0.5) is 5.69 Å². The van der Waals surface area contributed by atoms with Crippen molar-refractivity contribution in [2.24, 2.45) is 0 Å². The standard InChI is InChI=1S/C11H16N2O7S2/c12-10-3-1-9(2-4-10)11(14)13-5-7-21(15,16)8-6-20-22(17,18)19/h1-4H,5-8,12H2,(H,13,14)(H,17,18,19). The van der Waals surface area contributed by atoms with Crippen LogP contribution in [0.15, 0.2) is 24.3 Å². The van der Waals surface area contributed by atoms with Crippen molar-refractivity contribution in [2.75, 3.05) is 30.4 Å². The maximum Gasteiger partial charge on any atom is 0.397 e. The van der Waals surface area contributed by atoms with Gasteiger partial charge in [-0.1, -0.05) is 0 Å². The molecule has 1 amide bonds. The van der Waals surface area contributed by atoms with Crippen LogP contribution in [0.3, 0.4) is 0 Å². The Balaban J connectivity index is 2.39. The number of benzene rings is 1. The second kappa shape index (κ2) is 7.54. The van der Waals surface area contributed by atoms with Crippen molar-refractivity contribution in [1.29, 1.82) is 0 Å². The Hall–Kier alpha value is -1.69. The Morgan fingerprint density at radius 3 is 2.27 bits per heavy atom. The summed E-state index contributed by atoms with van der Waals surface area (Å²) in [6.45, 7) is -0.829. The summed E-state index contributed by atoms with van der Waals surface area (Å²) in [6.07, 6.45) is 0. The van der Waals surface area contributed by atoms with Crippen LogP contribution in [-0.2, 0) is 24.4 Å². The van der Waals surface area contributed by atoms with Gasteiger partial charge in [-0.15, -0.1) is 0 Å². The molecule has 0 unspecified atom stereocenters. The molecule has 1 rings (SSSR count). The fourth-order valence-corrected chi connectivity index (χ4v) is 2.78. The predicted octanol–water partition coefficient (Wildman–Crippen LogP) is -0.767. The van der Waals surface area contributed by atoms with Crippen molar-refractivity contribution < 1.29 is 30.4 Å². The fourth-order valence-electron chi connectivity index (χ4n) is 1.42. The van der Waals surface area contributed by atoms with Crippen LogP contribution in [0, 0.1) is 0 Å². The first kappa shape index (κ1) is 18.4. The molecule has 9 nitrogen and oxygen atoms in total. The van der Waals surface area contributed by atoms with Gasteiger partial charge >= 0.3 is 10.4 Å². The average molecular weight is 352 g/mol. The Labute approximate surface area is 128 Å². The zero-order valence-corrected chi connectivity index (χ0v) is 13.1. The first-order valence-electron chi connectivity index (χ1n) is 6.05. The lowest BCUT2D eigenvalue weighted by atomic mass is 10.2. The first-order valence-corrected chi connectivity index (χ1v) is 9.24. The van der Waals surface area contributed by atoms with Crippen molar-refractivity contribution in [3.8, 4) is 0 Å². The van der Waals surface area contributed by atoms with Gasteiger partial charge in [0.25, 0.3) is 5.91 Å². The van der Waals surface area contributed by atoms with Crippen LogP contribution in [0.25, 0.3) is 0 Å². The summed E-state index contributed by atoms with van der Waals surface area (Å²) in [5, 5.41) is 2.41. The Morgan fingerprint density at radius 1 is 1.14 bits per heavy atom. The number of nitrogens with one attached hydrogen (secondary N) is 1. The van der Waals surface area contributed by atoms with E-state index in [1.54, 1.807) is 12.1 Å². The van der Waals surface area contributed by atoms with Crippen LogP contribution in [0.5, 0.6) is 0 Å². The molecule has 1 aromatic rings. The fraction of sp³-hybridized carbons (Fsp3) is 0.364. The van der Waals surface area contributed by atoms with Crippen LogP contribution >= 0.6 is 0 Å². The van der Waals surface area contributed by atoms with Crippen molar-refractivity contribution in [3.05, 3.63) is 29.8 Å². The number of anilines is 1. The number of nitrogen functional groups attached to an aromatic ring is 1. The summed E-state index contributed by atoms with van der Waals surface area (Å²) < 4.78 is 55.9. The molecule has 0 atom stereocenters. The SMILES string of the molecule is Nc1ccc(C(=O)NCCS(=O)(=O)CCOS(=O)(=O)O)cc1. The normalized spacial score (nSPS) is 12.0. The topological polar surface area (TPSA) is 153 Å². The lowest BCUT2D eigenvalue weighted by molar-refractivity contribution is 0.0956. The highest BCUT2D eigenvalue weighted by Crippen LogP contribution is 2.05. The van der Waals surface area contributed by atoms with E-state index in [-0.39, 0.29) is 12.3 Å². The monoisotopic (exact) mass is 352 g/mol. The summed E-state index contributed by atoms with van der Waals surface area (Å²) in [5.41, 5.74) is 6.31. The van der Waals surface area contributed by atoms with Crippen LogP contribution in [0.2, 0.25) is 0 Å². The molecule has 0 aliphatic rings. The molecule has 1 aromatic carbocycles. The van der Waals surface area contributed by atoms with E-state index in [0.717, 1.165) is 0 Å². The molecule has 0 aliphatic carbocycles. The molecular weight excluding hydrogens is 336 g/mol. The van der Waals surface area contributed by atoms with E-state index < -0.39 is 38.5 Å². The summed E-state index contributed by atoms with van der Waals surface area (Å²) in [5.74, 6) is -1.43. The average Bonchev–Trinajstić information content (AvgIpc) is 2.37.